The molecule has 0 aliphatic carbocycles. The Morgan fingerprint density at radius 3 is 2.64 bits per heavy atom. The summed E-state index contributed by atoms with van der Waals surface area (Å²) >= 11 is 0. The molecule has 6 nitrogen and oxygen atoms in total. The van der Waals surface area contributed by atoms with Crippen LogP contribution in [0, 0.1) is 0 Å². The summed E-state index contributed by atoms with van der Waals surface area (Å²) in [6.07, 6.45) is 4.12. The van der Waals surface area contributed by atoms with Crippen molar-refractivity contribution in [2.24, 2.45) is 7.05 Å². The molecule has 2 N–H and O–H groups in total. The van der Waals surface area contributed by atoms with Crippen LogP contribution >= 0.6 is 0 Å². The Morgan fingerprint density at radius 2 is 2.05 bits per heavy atom. The summed E-state index contributed by atoms with van der Waals surface area (Å²) in [5.41, 5.74) is 1.53. The molecule has 0 bridgehead atoms. The summed E-state index contributed by atoms with van der Waals surface area (Å²) in [7, 11) is 1.74. The number of benzene rings is 1. The molecular formula is C16H19N3O3. The number of amides is 1. The monoisotopic (exact) mass is 301 g/mol. The zero-order valence-electron chi connectivity index (χ0n) is 12.4. The van der Waals surface area contributed by atoms with Gasteiger partial charge in [-0.1, -0.05) is 30.3 Å². The van der Waals surface area contributed by atoms with Crippen LogP contribution in [0.4, 0.5) is 0 Å². The van der Waals surface area contributed by atoms with Gasteiger partial charge in [0.2, 0.25) is 0 Å². The number of carboxylic acid groups (broad SMARTS) is 1. The van der Waals surface area contributed by atoms with Crippen molar-refractivity contribution in [3.63, 3.8) is 0 Å². The minimum absolute atomic E-state index is 0.0187. The molecule has 2 aromatic rings. The van der Waals surface area contributed by atoms with Gasteiger partial charge in [-0.25, -0.2) is 0 Å². The van der Waals surface area contributed by atoms with Gasteiger partial charge in [0, 0.05) is 25.7 Å². The molecule has 1 heterocycles. The highest BCUT2D eigenvalue weighted by molar-refractivity contribution is 5.93. The van der Waals surface area contributed by atoms with Gasteiger partial charge in [0.25, 0.3) is 5.91 Å². The quantitative estimate of drug-likeness (QED) is 0.814. The largest absolute Gasteiger partial charge is 0.481 e. The van der Waals surface area contributed by atoms with Crippen molar-refractivity contribution in [2.75, 3.05) is 0 Å². The Balaban J connectivity index is 2.03. The number of carbonyl (C=O) groups is 2. The lowest BCUT2D eigenvalue weighted by Crippen LogP contribution is -2.36. The molecule has 116 valence electrons. The minimum Gasteiger partial charge on any atom is -0.481 e. The van der Waals surface area contributed by atoms with E-state index in [9.17, 15) is 9.59 Å². The maximum Gasteiger partial charge on any atom is 0.303 e. The number of hydrogen-bond donors (Lipinski definition) is 2. The van der Waals surface area contributed by atoms with Gasteiger partial charge >= 0.3 is 5.97 Å². The fourth-order valence-corrected chi connectivity index (χ4v) is 2.23. The fourth-order valence-electron chi connectivity index (χ4n) is 2.23. The van der Waals surface area contributed by atoms with Crippen molar-refractivity contribution in [2.45, 2.75) is 25.3 Å². The molecule has 1 atom stereocenters. The smallest absolute Gasteiger partial charge is 0.303 e. The summed E-state index contributed by atoms with van der Waals surface area (Å²) < 4.78 is 1.55. The van der Waals surface area contributed by atoms with Crippen LogP contribution in [0.3, 0.4) is 0 Å². The van der Waals surface area contributed by atoms with Gasteiger partial charge in [0.1, 0.15) is 0 Å². The normalized spacial score (nSPS) is 11.9. The Labute approximate surface area is 128 Å². The molecule has 1 aromatic carbocycles. The second-order valence-corrected chi connectivity index (χ2v) is 5.20. The number of carbonyl (C=O) groups excluding carboxylic acids is 1. The summed E-state index contributed by atoms with van der Waals surface area (Å²) in [4.78, 5) is 23.0. The molecule has 0 saturated heterocycles. The highest BCUT2D eigenvalue weighted by atomic mass is 16.4. The van der Waals surface area contributed by atoms with Crippen LogP contribution in [0.15, 0.2) is 42.7 Å². The van der Waals surface area contributed by atoms with Gasteiger partial charge in [0.05, 0.1) is 11.8 Å². The molecule has 0 radical (unpaired) electrons. The third-order valence-electron chi connectivity index (χ3n) is 3.33. The van der Waals surface area contributed by atoms with Crippen LogP contribution < -0.4 is 5.32 Å². The number of aryl methyl sites for hydroxylation is 1. The molecule has 2 rings (SSSR count). The average Bonchev–Trinajstić information content (AvgIpc) is 2.92. The van der Waals surface area contributed by atoms with Crippen molar-refractivity contribution < 1.29 is 14.7 Å². The Kier molecular flexibility index (Phi) is 5.30. The van der Waals surface area contributed by atoms with E-state index in [2.05, 4.69) is 10.4 Å². The molecule has 0 saturated carbocycles. The van der Waals surface area contributed by atoms with Crippen molar-refractivity contribution >= 4 is 11.9 Å². The van der Waals surface area contributed by atoms with Gasteiger partial charge in [0.15, 0.2) is 0 Å². The zero-order valence-corrected chi connectivity index (χ0v) is 12.4. The van der Waals surface area contributed by atoms with E-state index in [-0.39, 0.29) is 18.4 Å². The average molecular weight is 301 g/mol. The third kappa shape index (κ3) is 4.73. The van der Waals surface area contributed by atoms with Gasteiger partial charge < -0.3 is 10.4 Å². The molecule has 1 aromatic heterocycles. The van der Waals surface area contributed by atoms with Crippen LogP contribution in [0.2, 0.25) is 0 Å². The van der Waals surface area contributed by atoms with Crippen LogP contribution in [0.1, 0.15) is 28.8 Å². The summed E-state index contributed by atoms with van der Waals surface area (Å²) in [5.74, 6) is -1.10. The van der Waals surface area contributed by atoms with E-state index >= 15 is 0 Å². The van der Waals surface area contributed by atoms with E-state index in [1.54, 1.807) is 17.9 Å². The third-order valence-corrected chi connectivity index (χ3v) is 3.33. The van der Waals surface area contributed by atoms with Crippen LogP contribution in [-0.2, 0) is 18.3 Å². The second-order valence-electron chi connectivity index (χ2n) is 5.20. The molecule has 22 heavy (non-hydrogen) atoms. The van der Waals surface area contributed by atoms with Crippen molar-refractivity contribution in [1.29, 1.82) is 0 Å². The SMILES string of the molecule is Cn1cc(C(=O)NC(CCC(=O)O)Cc2ccccc2)cn1. The van der Waals surface area contributed by atoms with Gasteiger partial charge in [-0.15, -0.1) is 0 Å². The van der Waals surface area contributed by atoms with Crippen molar-refractivity contribution in [1.82, 2.24) is 15.1 Å². The summed E-state index contributed by atoms with van der Waals surface area (Å²) in [6, 6.07) is 9.46. The Hall–Kier alpha value is -2.63. The van der Waals surface area contributed by atoms with Crippen LogP contribution in [-0.4, -0.2) is 32.8 Å². The van der Waals surface area contributed by atoms with Crippen molar-refractivity contribution in [3.8, 4) is 0 Å². The standard InChI is InChI=1S/C16H19N3O3/c1-19-11-13(10-17-19)16(22)18-14(7-8-15(20)21)9-12-5-3-2-4-6-12/h2-6,10-11,14H,7-9H2,1H3,(H,18,22)(H,20,21). The van der Waals surface area contributed by atoms with Crippen LogP contribution in [0.25, 0.3) is 0 Å². The topological polar surface area (TPSA) is 84.2 Å². The van der Waals surface area contributed by atoms with E-state index in [0.29, 0.717) is 18.4 Å². The lowest BCUT2D eigenvalue weighted by atomic mass is 10.0. The number of aromatic nitrogens is 2. The maximum absolute atomic E-state index is 12.2. The molecule has 0 fully saturated rings. The number of hydrogen-bond acceptors (Lipinski definition) is 3. The number of nitrogens with zero attached hydrogens (tertiary/aromatic N) is 2. The second kappa shape index (κ2) is 7.40. The minimum atomic E-state index is -0.867. The molecule has 0 spiro atoms. The summed E-state index contributed by atoms with van der Waals surface area (Å²) in [5, 5.41) is 15.7. The first-order chi connectivity index (χ1) is 10.5. The Bertz CT molecular complexity index is 637. The first-order valence-electron chi connectivity index (χ1n) is 7.10. The number of rotatable bonds is 7. The van der Waals surface area contributed by atoms with E-state index < -0.39 is 5.97 Å². The maximum atomic E-state index is 12.2. The first kappa shape index (κ1) is 15.8. The first-order valence-corrected chi connectivity index (χ1v) is 7.10. The molecular weight excluding hydrogens is 282 g/mol. The predicted octanol–water partition coefficient (Wildman–Crippen LogP) is 1.63. The van der Waals surface area contributed by atoms with E-state index in [1.807, 2.05) is 30.3 Å². The Morgan fingerprint density at radius 1 is 1.32 bits per heavy atom. The lowest BCUT2D eigenvalue weighted by molar-refractivity contribution is -0.137. The highest BCUT2D eigenvalue weighted by Gasteiger charge is 2.16. The molecule has 6 heteroatoms. The van der Waals surface area contributed by atoms with E-state index in [1.165, 1.54) is 6.20 Å². The molecule has 0 aliphatic rings. The van der Waals surface area contributed by atoms with Crippen LogP contribution in [0.5, 0.6) is 0 Å². The van der Waals surface area contributed by atoms with Crippen molar-refractivity contribution in [3.05, 3.63) is 53.9 Å². The molecule has 1 amide bonds. The van der Waals surface area contributed by atoms with Gasteiger partial charge in [-0.2, -0.15) is 5.10 Å². The van der Waals surface area contributed by atoms with Gasteiger partial charge in [-0.3, -0.25) is 14.3 Å². The fraction of sp³-hybridized carbons (Fsp3) is 0.312. The van der Waals surface area contributed by atoms with Gasteiger partial charge in [-0.05, 0) is 18.4 Å². The highest BCUT2D eigenvalue weighted by Crippen LogP contribution is 2.09. The summed E-state index contributed by atoms with van der Waals surface area (Å²) in [6.45, 7) is 0. The predicted molar refractivity (Wildman–Crippen MR) is 81.5 cm³/mol. The molecule has 0 aliphatic heterocycles. The lowest BCUT2D eigenvalue weighted by Gasteiger charge is -2.17. The van der Waals surface area contributed by atoms with E-state index in [0.717, 1.165) is 5.56 Å². The van der Waals surface area contributed by atoms with E-state index in [4.69, 9.17) is 5.11 Å². The molecule has 1 unspecified atom stereocenters. The zero-order chi connectivity index (χ0) is 15.9. The number of aliphatic carboxylic acids is 1. The number of carboxylic acids is 1. The number of nitrogens with one attached hydrogen (secondary N) is 1.